The summed E-state index contributed by atoms with van der Waals surface area (Å²) in [7, 11) is -3.69. The number of hydrogen-bond donors (Lipinski definition) is 1. The number of amides is 1. The first-order valence-corrected chi connectivity index (χ1v) is 9.07. The molecule has 1 amide bonds. The van der Waals surface area contributed by atoms with E-state index in [1.165, 1.54) is 12.2 Å². The molecule has 1 aliphatic rings. The van der Waals surface area contributed by atoms with Crippen molar-refractivity contribution in [3.8, 4) is 0 Å². The molecule has 1 fully saturated rings. The lowest BCUT2D eigenvalue weighted by atomic mass is 10.1. The van der Waals surface area contributed by atoms with Crippen molar-refractivity contribution in [2.24, 2.45) is 0 Å². The molecule has 1 aliphatic heterocycles. The second-order valence-electron chi connectivity index (χ2n) is 5.12. The number of ether oxygens (including phenoxy) is 1. The van der Waals surface area contributed by atoms with Gasteiger partial charge in [-0.15, -0.1) is 0 Å². The minimum absolute atomic E-state index is 0.187. The Labute approximate surface area is 135 Å². The maximum absolute atomic E-state index is 11.9. The lowest BCUT2D eigenvalue weighted by Gasteiger charge is -2.22. The monoisotopic (exact) mass is 343 g/mol. The molecule has 1 aromatic carbocycles. The van der Waals surface area contributed by atoms with E-state index in [1.807, 2.05) is 4.72 Å². The van der Waals surface area contributed by atoms with Crippen molar-refractivity contribution in [1.82, 2.24) is 4.72 Å². The lowest BCUT2D eigenvalue weighted by molar-refractivity contribution is -0.114. The topological polar surface area (TPSA) is 72.5 Å². The van der Waals surface area contributed by atoms with E-state index in [0.717, 1.165) is 18.4 Å². The van der Waals surface area contributed by atoms with Crippen molar-refractivity contribution < 1.29 is 17.9 Å². The molecule has 5 nitrogen and oxygen atoms in total. The fourth-order valence-corrected chi connectivity index (χ4v) is 3.49. The zero-order valence-corrected chi connectivity index (χ0v) is 13.6. The Hall–Kier alpha value is -1.37. The number of hydrogen-bond acceptors (Lipinski definition) is 4. The van der Waals surface area contributed by atoms with Crippen molar-refractivity contribution in [3.63, 3.8) is 0 Å². The van der Waals surface area contributed by atoms with Gasteiger partial charge in [0.15, 0.2) is 0 Å². The van der Waals surface area contributed by atoms with Gasteiger partial charge in [-0.05, 0) is 43.0 Å². The summed E-state index contributed by atoms with van der Waals surface area (Å²) in [6, 6.07) is 6.85. The zero-order valence-electron chi connectivity index (χ0n) is 12.0. The van der Waals surface area contributed by atoms with Crippen molar-refractivity contribution in [1.29, 1.82) is 0 Å². The maximum Gasteiger partial charge on any atom is 0.257 e. The van der Waals surface area contributed by atoms with Gasteiger partial charge in [-0.2, -0.15) is 0 Å². The fraction of sp³-hybridized carbons (Fsp3) is 0.400. The molecule has 1 aromatic rings. The molecule has 22 heavy (non-hydrogen) atoms. The number of benzene rings is 1. The summed E-state index contributed by atoms with van der Waals surface area (Å²) in [5.41, 5.74) is 0.757. The van der Waals surface area contributed by atoms with Gasteiger partial charge in [-0.1, -0.05) is 23.7 Å². The first-order chi connectivity index (χ1) is 10.4. The third-order valence-corrected chi connectivity index (χ3v) is 4.81. The molecule has 0 aromatic heterocycles. The molecule has 2 rings (SSSR count). The van der Waals surface area contributed by atoms with Gasteiger partial charge in [-0.25, -0.2) is 13.1 Å². The molecule has 0 aliphatic carbocycles. The molecule has 1 unspecified atom stereocenters. The van der Waals surface area contributed by atoms with Gasteiger partial charge in [-0.3, -0.25) is 4.79 Å². The number of sulfonamides is 1. The smallest absolute Gasteiger partial charge is 0.257 e. The second-order valence-corrected chi connectivity index (χ2v) is 7.32. The SMILES string of the molecule is O=C(C=Cc1ccc(Cl)cc1)NS(=O)(=O)CC1CCCCO1. The second kappa shape index (κ2) is 7.76. The minimum Gasteiger partial charge on any atom is -0.377 e. The highest BCUT2D eigenvalue weighted by Gasteiger charge is 2.22. The van der Waals surface area contributed by atoms with Crippen molar-refractivity contribution in [2.75, 3.05) is 12.4 Å². The summed E-state index contributed by atoms with van der Waals surface area (Å²) in [6.07, 6.45) is 4.98. The Morgan fingerprint density at radius 2 is 2.05 bits per heavy atom. The van der Waals surface area contributed by atoms with Gasteiger partial charge in [0.1, 0.15) is 0 Å². The highest BCUT2D eigenvalue weighted by Crippen LogP contribution is 2.14. The van der Waals surface area contributed by atoms with E-state index in [0.29, 0.717) is 18.1 Å². The molecular formula is C15H18ClNO4S. The fourth-order valence-electron chi connectivity index (χ4n) is 2.16. The zero-order chi connectivity index (χ0) is 16.0. The molecule has 0 saturated carbocycles. The Morgan fingerprint density at radius 1 is 1.32 bits per heavy atom. The van der Waals surface area contributed by atoms with E-state index < -0.39 is 15.9 Å². The summed E-state index contributed by atoms with van der Waals surface area (Å²) in [5.74, 6) is -0.862. The molecule has 1 N–H and O–H groups in total. The summed E-state index contributed by atoms with van der Waals surface area (Å²) in [6.45, 7) is 0.574. The quantitative estimate of drug-likeness (QED) is 0.833. The first kappa shape index (κ1) is 17.0. The molecule has 120 valence electrons. The van der Waals surface area contributed by atoms with Crippen LogP contribution in [0, 0.1) is 0 Å². The van der Waals surface area contributed by atoms with Crippen LogP contribution in [0.5, 0.6) is 0 Å². The Kier molecular flexibility index (Phi) is 5.99. The molecule has 0 spiro atoms. The van der Waals surface area contributed by atoms with E-state index in [4.69, 9.17) is 16.3 Å². The van der Waals surface area contributed by atoms with Crippen LogP contribution in [0.25, 0.3) is 6.08 Å². The van der Waals surface area contributed by atoms with Gasteiger partial charge in [0.2, 0.25) is 10.0 Å². The number of carbonyl (C=O) groups excluding carboxylic acids is 1. The highest BCUT2D eigenvalue weighted by atomic mass is 35.5. The van der Waals surface area contributed by atoms with E-state index in [-0.39, 0.29) is 11.9 Å². The molecule has 0 bridgehead atoms. The van der Waals surface area contributed by atoms with Crippen LogP contribution < -0.4 is 4.72 Å². The van der Waals surface area contributed by atoms with Crippen LogP contribution in [-0.2, 0) is 19.6 Å². The van der Waals surface area contributed by atoms with Crippen LogP contribution in [0.2, 0.25) is 5.02 Å². The normalized spacial score (nSPS) is 19.2. The third-order valence-electron chi connectivity index (χ3n) is 3.23. The summed E-state index contributed by atoms with van der Waals surface area (Å²) in [5, 5.41) is 0.594. The largest absolute Gasteiger partial charge is 0.377 e. The van der Waals surface area contributed by atoms with E-state index >= 15 is 0 Å². The van der Waals surface area contributed by atoms with Crippen LogP contribution in [-0.4, -0.2) is 32.8 Å². The third kappa shape index (κ3) is 5.79. The average Bonchev–Trinajstić information content (AvgIpc) is 2.46. The molecule has 1 heterocycles. The molecule has 0 radical (unpaired) electrons. The lowest BCUT2D eigenvalue weighted by Crippen LogP contribution is -2.37. The number of carbonyl (C=O) groups is 1. The number of halogens is 1. The summed E-state index contributed by atoms with van der Waals surface area (Å²) >= 11 is 5.76. The van der Waals surface area contributed by atoms with Crippen LogP contribution in [0.3, 0.4) is 0 Å². The minimum atomic E-state index is -3.69. The summed E-state index contributed by atoms with van der Waals surface area (Å²) < 4.78 is 31.2. The Morgan fingerprint density at radius 3 is 2.68 bits per heavy atom. The maximum atomic E-state index is 11.9. The van der Waals surface area contributed by atoms with Crippen LogP contribution >= 0.6 is 11.6 Å². The standard InChI is InChI=1S/C15H18ClNO4S/c16-13-7-4-12(5-8-13)6-9-15(18)17-22(19,20)11-14-3-1-2-10-21-14/h4-9,14H,1-3,10-11H2,(H,17,18). The first-order valence-electron chi connectivity index (χ1n) is 7.04. The summed E-state index contributed by atoms with van der Waals surface area (Å²) in [4.78, 5) is 11.7. The molecule has 1 saturated heterocycles. The Balaban J connectivity index is 1.88. The molecule has 1 atom stereocenters. The van der Waals surface area contributed by atoms with Crippen LogP contribution in [0.15, 0.2) is 30.3 Å². The number of rotatable bonds is 5. The predicted octanol–water partition coefficient (Wildman–Crippen LogP) is 2.37. The van der Waals surface area contributed by atoms with E-state index in [2.05, 4.69) is 0 Å². The average molecular weight is 344 g/mol. The van der Waals surface area contributed by atoms with Gasteiger partial charge in [0.25, 0.3) is 5.91 Å². The van der Waals surface area contributed by atoms with Crippen LogP contribution in [0.1, 0.15) is 24.8 Å². The molecule has 7 heteroatoms. The van der Waals surface area contributed by atoms with Crippen LogP contribution in [0.4, 0.5) is 0 Å². The van der Waals surface area contributed by atoms with Gasteiger partial charge in [0.05, 0.1) is 11.9 Å². The van der Waals surface area contributed by atoms with Gasteiger partial charge in [0, 0.05) is 17.7 Å². The van der Waals surface area contributed by atoms with Crippen molar-refractivity contribution >= 4 is 33.6 Å². The molecular weight excluding hydrogens is 326 g/mol. The predicted molar refractivity (Wildman–Crippen MR) is 86.0 cm³/mol. The van der Waals surface area contributed by atoms with Crippen molar-refractivity contribution in [3.05, 3.63) is 40.9 Å². The Bertz CT molecular complexity index is 634. The van der Waals surface area contributed by atoms with E-state index in [9.17, 15) is 13.2 Å². The van der Waals surface area contributed by atoms with E-state index in [1.54, 1.807) is 24.3 Å². The van der Waals surface area contributed by atoms with Crippen molar-refractivity contribution in [2.45, 2.75) is 25.4 Å². The highest BCUT2D eigenvalue weighted by molar-refractivity contribution is 7.90. The van der Waals surface area contributed by atoms with Gasteiger partial charge < -0.3 is 4.74 Å². The number of nitrogens with one attached hydrogen (secondary N) is 1. The van der Waals surface area contributed by atoms with Gasteiger partial charge >= 0.3 is 0 Å².